The molecule has 1 aromatic rings. The number of carboxylic acid groups (broad SMARTS) is 1. The van der Waals surface area contributed by atoms with Crippen molar-refractivity contribution in [2.45, 2.75) is 12.6 Å². The minimum atomic E-state index is -4.62. The Bertz CT molecular complexity index is 445. The van der Waals surface area contributed by atoms with Crippen LogP contribution < -0.4 is 5.32 Å². The summed E-state index contributed by atoms with van der Waals surface area (Å²) in [5.41, 5.74) is -0.178. The molecule has 8 heteroatoms. The standard InChI is InChI=1S/C9H7F3N2O3/c10-9(11,12)4-7(15)14-6-3-5(8(16)17)1-2-13-6/h1-3H,4H2,(H,16,17)(H,13,14,15). The van der Waals surface area contributed by atoms with Gasteiger partial charge in [-0.2, -0.15) is 13.2 Å². The molecule has 1 amide bonds. The molecule has 0 atom stereocenters. The van der Waals surface area contributed by atoms with Gasteiger partial charge in [0.15, 0.2) is 0 Å². The summed E-state index contributed by atoms with van der Waals surface area (Å²) in [6.45, 7) is 0. The first-order valence-electron chi connectivity index (χ1n) is 4.34. The number of rotatable bonds is 3. The van der Waals surface area contributed by atoms with Crippen LogP contribution in [-0.4, -0.2) is 28.1 Å². The summed E-state index contributed by atoms with van der Waals surface area (Å²) in [4.78, 5) is 25.0. The summed E-state index contributed by atoms with van der Waals surface area (Å²) in [5.74, 6) is -2.80. The van der Waals surface area contributed by atoms with Crippen molar-refractivity contribution in [2.75, 3.05) is 5.32 Å². The topological polar surface area (TPSA) is 79.3 Å². The van der Waals surface area contributed by atoms with Gasteiger partial charge < -0.3 is 10.4 Å². The van der Waals surface area contributed by atoms with Crippen molar-refractivity contribution in [3.05, 3.63) is 23.9 Å². The Morgan fingerprint density at radius 2 is 2.06 bits per heavy atom. The van der Waals surface area contributed by atoms with Crippen LogP contribution in [0.15, 0.2) is 18.3 Å². The number of hydrogen-bond donors (Lipinski definition) is 2. The maximum Gasteiger partial charge on any atom is 0.397 e. The SMILES string of the molecule is O=C(CC(F)(F)F)Nc1cc(C(=O)O)ccn1. The molecule has 0 saturated heterocycles. The highest BCUT2D eigenvalue weighted by molar-refractivity contribution is 5.93. The number of anilines is 1. The minimum Gasteiger partial charge on any atom is -0.478 e. The maximum absolute atomic E-state index is 11.8. The third-order valence-corrected chi connectivity index (χ3v) is 1.64. The molecular weight excluding hydrogens is 241 g/mol. The fraction of sp³-hybridized carbons (Fsp3) is 0.222. The molecule has 92 valence electrons. The molecule has 1 rings (SSSR count). The van der Waals surface area contributed by atoms with Crippen molar-refractivity contribution < 1.29 is 27.9 Å². The van der Waals surface area contributed by atoms with Gasteiger partial charge in [-0.05, 0) is 12.1 Å². The second kappa shape index (κ2) is 4.81. The van der Waals surface area contributed by atoms with E-state index in [9.17, 15) is 22.8 Å². The van der Waals surface area contributed by atoms with Crippen molar-refractivity contribution in [3.63, 3.8) is 0 Å². The molecule has 1 heterocycles. The summed E-state index contributed by atoms with van der Waals surface area (Å²) >= 11 is 0. The lowest BCUT2D eigenvalue weighted by atomic mass is 10.2. The highest BCUT2D eigenvalue weighted by Gasteiger charge is 2.31. The van der Waals surface area contributed by atoms with E-state index in [1.54, 1.807) is 0 Å². The average Bonchev–Trinajstić information content (AvgIpc) is 2.14. The number of hydrogen-bond acceptors (Lipinski definition) is 3. The Morgan fingerprint density at radius 3 is 2.59 bits per heavy atom. The molecule has 0 aliphatic heterocycles. The van der Waals surface area contributed by atoms with Crippen LogP contribution >= 0.6 is 0 Å². The molecule has 0 bridgehead atoms. The van der Waals surface area contributed by atoms with Crippen LogP contribution in [0, 0.1) is 0 Å². The van der Waals surface area contributed by atoms with Gasteiger partial charge in [0.25, 0.3) is 0 Å². The lowest BCUT2D eigenvalue weighted by molar-refractivity contribution is -0.150. The number of halogens is 3. The molecule has 17 heavy (non-hydrogen) atoms. The number of carbonyl (C=O) groups excluding carboxylic acids is 1. The molecule has 0 aliphatic carbocycles. The molecule has 0 aromatic carbocycles. The molecule has 0 aliphatic rings. The number of pyridine rings is 1. The van der Waals surface area contributed by atoms with Crippen LogP contribution in [-0.2, 0) is 4.79 Å². The summed E-state index contributed by atoms with van der Waals surface area (Å²) in [7, 11) is 0. The van der Waals surface area contributed by atoms with E-state index in [-0.39, 0.29) is 11.4 Å². The van der Waals surface area contributed by atoms with Crippen LogP contribution in [0.1, 0.15) is 16.8 Å². The van der Waals surface area contributed by atoms with Crippen molar-refractivity contribution in [1.29, 1.82) is 0 Å². The molecule has 2 N–H and O–H groups in total. The van der Waals surface area contributed by atoms with E-state index >= 15 is 0 Å². The summed E-state index contributed by atoms with van der Waals surface area (Å²) in [5, 5.41) is 10.5. The first-order chi connectivity index (χ1) is 7.78. The lowest BCUT2D eigenvalue weighted by Crippen LogP contribution is -2.21. The Balaban J connectivity index is 2.72. The lowest BCUT2D eigenvalue weighted by Gasteiger charge is -2.07. The second-order valence-corrected chi connectivity index (χ2v) is 3.08. The van der Waals surface area contributed by atoms with Crippen LogP contribution in [0.4, 0.5) is 19.0 Å². The quantitative estimate of drug-likeness (QED) is 0.852. The van der Waals surface area contributed by atoms with Gasteiger partial charge in [0.05, 0.1) is 5.56 Å². The number of carboxylic acids is 1. The van der Waals surface area contributed by atoms with Crippen LogP contribution in [0.2, 0.25) is 0 Å². The van der Waals surface area contributed by atoms with Crippen LogP contribution in [0.25, 0.3) is 0 Å². The van der Waals surface area contributed by atoms with Gasteiger partial charge >= 0.3 is 12.1 Å². The number of nitrogens with zero attached hydrogens (tertiary/aromatic N) is 1. The number of aromatic nitrogens is 1. The van der Waals surface area contributed by atoms with Crippen molar-refractivity contribution >= 4 is 17.7 Å². The van der Waals surface area contributed by atoms with Gasteiger partial charge in [-0.1, -0.05) is 0 Å². The van der Waals surface area contributed by atoms with Crippen molar-refractivity contribution in [1.82, 2.24) is 4.98 Å². The first kappa shape index (κ1) is 12.9. The van der Waals surface area contributed by atoms with Gasteiger partial charge in [0.1, 0.15) is 12.2 Å². The summed E-state index contributed by atoms with van der Waals surface area (Å²) in [6, 6.07) is 2.12. The zero-order chi connectivity index (χ0) is 13.1. The fourth-order valence-corrected chi connectivity index (χ4v) is 1.00. The molecule has 5 nitrogen and oxygen atoms in total. The van der Waals surface area contributed by atoms with E-state index in [1.165, 1.54) is 0 Å². The largest absolute Gasteiger partial charge is 0.478 e. The number of aromatic carboxylic acids is 1. The van der Waals surface area contributed by atoms with E-state index in [0.717, 1.165) is 18.3 Å². The highest BCUT2D eigenvalue weighted by atomic mass is 19.4. The maximum atomic E-state index is 11.8. The van der Waals surface area contributed by atoms with E-state index in [2.05, 4.69) is 4.98 Å². The minimum absolute atomic E-state index is 0.178. The monoisotopic (exact) mass is 248 g/mol. The van der Waals surface area contributed by atoms with Gasteiger partial charge in [0.2, 0.25) is 5.91 Å². The Hall–Kier alpha value is -2.12. The normalized spacial score (nSPS) is 11.0. The predicted octanol–water partition coefficient (Wildman–Crippen LogP) is 1.67. The third-order valence-electron chi connectivity index (χ3n) is 1.64. The molecule has 0 spiro atoms. The highest BCUT2D eigenvalue weighted by Crippen LogP contribution is 2.20. The van der Waals surface area contributed by atoms with Crippen LogP contribution in [0.3, 0.4) is 0 Å². The summed E-state index contributed by atoms with van der Waals surface area (Å²) in [6.07, 6.45) is -5.19. The van der Waals surface area contributed by atoms with Crippen LogP contribution in [0.5, 0.6) is 0 Å². The van der Waals surface area contributed by atoms with E-state index in [1.807, 2.05) is 5.32 Å². The van der Waals surface area contributed by atoms with Gasteiger partial charge in [-0.3, -0.25) is 4.79 Å². The second-order valence-electron chi connectivity index (χ2n) is 3.08. The third kappa shape index (κ3) is 4.49. The van der Waals surface area contributed by atoms with E-state index in [4.69, 9.17) is 5.11 Å². The number of nitrogens with one attached hydrogen (secondary N) is 1. The Morgan fingerprint density at radius 1 is 1.41 bits per heavy atom. The predicted molar refractivity (Wildman–Crippen MR) is 50.5 cm³/mol. The van der Waals surface area contributed by atoms with Gasteiger partial charge in [0, 0.05) is 6.20 Å². The average molecular weight is 248 g/mol. The molecular formula is C9H7F3N2O3. The number of carbonyl (C=O) groups is 2. The number of amides is 1. The zero-order valence-electron chi connectivity index (χ0n) is 8.28. The number of alkyl halides is 3. The molecule has 0 radical (unpaired) electrons. The molecule has 0 fully saturated rings. The fourth-order valence-electron chi connectivity index (χ4n) is 1.00. The Kier molecular flexibility index (Phi) is 3.66. The van der Waals surface area contributed by atoms with E-state index < -0.39 is 24.5 Å². The van der Waals surface area contributed by atoms with Crippen molar-refractivity contribution in [3.8, 4) is 0 Å². The first-order valence-corrected chi connectivity index (χ1v) is 4.34. The van der Waals surface area contributed by atoms with Crippen molar-refractivity contribution in [2.24, 2.45) is 0 Å². The molecule has 1 aromatic heterocycles. The summed E-state index contributed by atoms with van der Waals surface area (Å²) < 4.78 is 35.5. The Labute approximate surface area is 93.3 Å². The van der Waals surface area contributed by atoms with E-state index in [0.29, 0.717) is 0 Å². The smallest absolute Gasteiger partial charge is 0.397 e. The zero-order valence-corrected chi connectivity index (χ0v) is 8.28. The molecule has 0 saturated carbocycles. The molecule has 0 unspecified atom stereocenters. The van der Waals surface area contributed by atoms with Gasteiger partial charge in [-0.25, -0.2) is 9.78 Å². The van der Waals surface area contributed by atoms with Gasteiger partial charge in [-0.15, -0.1) is 0 Å².